The molecule has 2 heterocycles. The van der Waals surface area contributed by atoms with Gasteiger partial charge in [-0.3, -0.25) is 5.41 Å². The van der Waals surface area contributed by atoms with Crippen LogP contribution in [0.4, 0.5) is 0 Å². The number of hydrogen-bond donors (Lipinski definition) is 3. The summed E-state index contributed by atoms with van der Waals surface area (Å²) in [6, 6.07) is 17.7. The number of benzene rings is 2. The second-order valence-corrected chi connectivity index (χ2v) is 8.83. The molecule has 0 aliphatic carbocycles. The molecule has 9 heteroatoms. The van der Waals surface area contributed by atoms with Gasteiger partial charge in [0, 0.05) is 49.5 Å². The Kier molecular flexibility index (Phi) is 7.75. The Morgan fingerprint density at radius 1 is 1.21 bits per heavy atom. The molecule has 4 rings (SSSR count). The largest absolute Gasteiger partial charge is 0.384 e. The van der Waals surface area contributed by atoms with Crippen molar-refractivity contribution in [3.05, 3.63) is 76.0 Å². The van der Waals surface area contributed by atoms with Crippen LogP contribution in [0.2, 0.25) is 0 Å². The third-order valence-electron chi connectivity index (χ3n) is 5.44. The zero-order chi connectivity index (χ0) is 23.8. The first-order valence-corrected chi connectivity index (χ1v) is 11.9. The fourth-order valence-corrected chi connectivity index (χ4v) is 4.46. The van der Waals surface area contributed by atoms with Crippen molar-refractivity contribution in [2.45, 2.75) is 12.8 Å². The van der Waals surface area contributed by atoms with Crippen LogP contribution in [0, 0.1) is 16.7 Å². The van der Waals surface area contributed by atoms with Crippen molar-refractivity contribution in [1.82, 2.24) is 20.4 Å². The van der Waals surface area contributed by atoms with Gasteiger partial charge >= 0.3 is 0 Å². The Bertz CT molecular complexity index is 1230. The molecule has 1 aliphatic heterocycles. The predicted octanol–water partition coefficient (Wildman–Crippen LogP) is 3.27. The lowest BCUT2D eigenvalue weighted by atomic mass is 10.0. The quantitative estimate of drug-likeness (QED) is 0.375. The number of rotatable bonds is 6. The molecule has 1 fully saturated rings. The van der Waals surface area contributed by atoms with Crippen molar-refractivity contribution in [2.75, 3.05) is 26.2 Å². The van der Waals surface area contributed by atoms with Crippen LogP contribution >= 0.6 is 11.3 Å². The lowest BCUT2D eigenvalue weighted by molar-refractivity contribution is 0.444. The average molecular weight is 471 g/mol. The molecule has 8 nitrogen and oxygen atoms in total. The van der Waals surface area contributed by atoms with Crippen LogP contribution in [0.1, 0.15) is 28.1 Å². The van der Waals surface area contributed by atoms with Crippen molar-refractivity contribution < 1.29 is 0 Å². The Labute approximate surface area is 203 Å². The fraction of sp³-hybridized carbons (Fsp3) is 0.240. The molecule has 172 valence electrons. The molecular formula is C25H26N8S. The van der Waals surface area contributed by atoms with Crippen LogP contribution in [0.25, 0.3) is 16.6 Å². The minimum absolute atomic E-state index is 0.322. The summed E-state index contributed by atoms with van der Waals surface area (Å²) in [6.45, 7) is 3.47. The van der Waals surface area contributed by atoms with E-state index in [-0.39, 0.29) is 0 Å². The summed E-state index contributed by atoms with van der Waals surface area (Å²) in [4.78, 5) is 6.35. The van der Waals surface area contributed by atoms with E-state index in [4.69, 9.17) is 11.1 Å². The third kappa shape index (κ3) is 5.92. The molecule has 0 unspecified atom stereocenters. The maximum atomic E-state index is 9.64. The van der Waals surface area contributed by atoms with E-state index in [2.05, 4.69) is 31.5 Å². The molecule has 0 amide bonds. The van der Waals surface area contributed by atoms with E-state index in [0.29, 0.717) is 28.6 Å². The van der Waals surface area contributed by atoms with Gasteiger partial charge in [-0.1, -0.05) is 53.8 Å². The van der Waals surface area contributed by atoms with Gasteiger partial charge in [-0.05, 0) is 24.6 Å². The summed E-state index contributed by atoms with van der Waals surface area (Å²) in [5.74, 6) is 0.780. The highest BCUT2D eigenvalue weighted by molar-refractivity contribution is 7.15. The van der Waals surface area contributed by atoms with E-state index in [9.17, 15) is 5.26 Å². The van der Waals surface area contributed by atoms with Crippen LogP contribution in [-0.2, 0) is 6.42 Å². The zero-order valence-electron chi connectivity index (χ0n) is 18.7. The molecule has 0 bridgehead atoms. The molecule has 34 heavy (non-hydrogen) atoms. The maximum Gasteiger partial charge on any atom is 0.148 e. The monoisotopic (exact) mass is 470 g/mol. The number of amidine groups is 1. The van der Waals surface area contributed by atoms with Crippen molar-refractivity contribution >= 4 is 29.5 Å². The molecule has 1 aliphatic rings. The smallest absolute Gasteiger partial charge is 0.148 e. The van der Waals surface area contributed by atoms with Gasteiger partial charge < -0.3 is 16.0 Å². The van der Waals surface area contributed by atoms with E-state index in [1.807, 2.05) is 42.5 Å². The molecule has 4 N–H and O–H groups in total. The Morgan fingerprint density at radius 3 is 2.88 bits per heavy atom. The normalized spacial score (nSPS) is 14.7. The number of nitrogens with one attached hydrogen (secondary N) is 2. The van der Waals surface area contributed by atoms with Crippen LogP contribution in [-0.4, -0.2) is 53.3 Å². The van der Waals surface area contributed by atoms with E-state index in [0.717, 1.165) is 54.3 Å². The summed E-state index contributed by atoms with van der Waals surface area (Å²) < 4.78 is 0. The molecule has 1 saturated heterocycles. The summed E-state index contributed by atoms with van der Waals surface area (Å²) >= 11 is 1.44. The molecular weight excluding hydrogens is 444 g/mol. The second kappa shape index (κ2) is 11.3. The van der Waals surface area contributed by atoms with Gasteiger partial charge in [-0.2, -0.15) is 5.26 Å². The second-order valence-electron chi connectivity index (χ2n) is 7.82. The van der Waals surface area contributed by atoms with Crippen LogP contribution in [0.3, 0.4) is 0 Å². The van der Waals surface area contributed by atoms with Crippen molar-refractivity contribution in [2.24, 2.45) is 10.7 Å². The van der Waals surface area contributed by atoms with Gasteiger partial charge in [0.05, 0.1) is 11.6 Å². The minimum Gasteiger partial charge on any atom is -0.384 e. The van der Waals surface area contributed by atoms with Crippen molar-refractivity contribution in [3.63, 3.8) is 0 Å². The first-order chi connectivity index (χ1) is 16.6. The highest BCUT2D eigenvalue weighted by atomic mass is 32.1. The number of nitriles is 1. The lowest BCUT2D eigenvalue weighted by Crippen LogP contribution is -2.34. The first-order valence-electron chi connectivity index (χ1n) is 11.1. The molecule has 0 radical (unpaired) electrons. The third-order valence-corrected chi connectivity index (χ3v) is 6.36. The minimum atomic E-state index is 0.322. The van der Waals surface area contributed by atoms with Gasteiger partial charge in [0.15, 0.2) is 0 Å². The van der Waals surface area contributed by atoms with E-state index >= 15 is 0 Å². The summed E-state index contributed by atoms with van der Waals surface area (Å²) in [6.07, 6.45) is 4.84. The number of aliphatic imine (C=N–C) groups is 1. The standard InChI is InChI=1S/C25H26N8S/c26-17-21-15-20(24(28)33-13-4-10-29-12-14-33)8-7-18(21)9-11-30-22(27)16-23-31-32-25(34-23)19-5-2-1-3-6-19/h1-3,5-8,11,15-16,28-29H,4,9-10,12-14,27H2/b22-16+,28-24?,30-11-. The molecule has 2 aromatic carbocycles. The zero-order valence-corrected chi connectivity index (χ0v) is 19.6. The van der Waals surface area contributed by atoms with Crippen LogP contribution < -0.4 is 11.1 Å². The highest BCUT2D eigenvalue weighted by Gasteiger charge is 2.15. The summed E-state index contributed by atoms with van der Waals surface area (Å²) in [5.41, 5.74) is 9.19. The van der Waals surface area contributed by atoms with Crippen LogP contribution in [0.15, 0.2) is 59.3 Å². The van der Waals surface area contributed by atoms with E-state index in [1.165, 1.54) is 11.3 Å². The van der Waals surface area contributed by atoms with Gasteiger partial charge in [0.25, 0.3) is 0 Å². The molecule has 0 spiro atoms. The fourth-order valence-electron chi connectivity index (χ4n) is 3.66. The number of nitrogens with zero attached hydrogens (tertiary/aromatic N) is 5. The van der Waals surface area contributed by atoms with Gasteiger partial charge in [0.1, 0.15) is 21.7 Å². The molecule has 1 aromatic heterocycles. The van der Waals surface area contributed by atoms with Gasteiger partial charge in [-0.15, -0.1) is 10.2 Å². The Balaban J connectivity index is 1.40. The molecule has 0 atom stereocenters. The summed E-state index contributed by atoms with van der Waals surface area (Å²) in [5, 5.41) is 31.4. The van der Waals surface area contributed by atoms with Gasteiger partial charge in [-0.25, -0.2) is 4.99 Å². The topological polar surface area (TPSA) is 127 Å². The van der Waals surface area contributed by atoms with E-state index < -0.39 is 0 Å². The average Bonchev–Trinajstić information content (AvgIpc) is 3.16. The lowest BCUT2D eigenvalue weighted by Gasteiger charge is -2.23. The number of nitrogens with two attached hydrogens (primary N) is 1. The predicted molar refractivity (Wildman–Crippen MR) is 137 cm³/mol. The first kappa shape index (κ1) is 23.3. The SMILES string of the molecule is N#Cc1cc(C(=N)N2CCCNCC2)ccc1C/C=N\C(N)=C\c1nnc(-c2ccccc2)s1. The van der Waals surface area contributed by atoms with Crippen molar-refractivity contribution in [1.29, 1.82) is 10.7 Å². The summed E-state index contributed by atoms with van der Waals surface area (Å²) in [7, 11) is 0. The van der Waals surface area contributed by atoms with Gasteiger partial charge in [0.2, 0.25) is 0 Å². The number of aromatic nitrogens is 2. The molecule has 3 aromatic rings. The Hall–Kier alpha value is -3.87. The Morgan fingerprint density at radius 2 is 2.06 bits per heavy atom. The number of hydrogen-bond acceptors (Lipinski definition) is 8. The highest BCUT2D eigenvalue weighted by Crippen LogP contribution is 2.24. The molecule has 0 saturated carbocycles. The van der Waals surface area contributed by atoms with Crippen LogP contribution in [0.5, 0.6) is 0 Å². The van der Waals surface area contributed by atoms with Crippen molar-refractivity contribution in [3.8, 4) is 16.6 Å². The maximum absolute atomic E-state index is 9.64. The van der Waals surface area contributed by atoms with E-state index in [1.54, 1.807) is 18.4 Å².